The van der Waals surface area contributed by atoms with E-state index >= 15 is 0 Å². The Morgan fingerprint density at radius 2 is 1.63 bits per heavy atom. The maximum atomic E-state index is 11.6. The van der Waals surface area contributed by atoms with Crippen LogP contribution in [0.15, 0.2) is 0 Å². The molecule has 19 heavy (non-hydrogen) atoms. The van der Waals surface area contributed by atoms with Gasteiger partial charge in [-0.2, -0.15) is 0 Å². The SMILES string of the molecule is CC1(C)CCCC(C)(C)N1N1CCCCC1C(=O)O. The fraction of sp³-hybridized carbons (Fsp3) is 0.933. The summed E-state index contributed by atoms with van der Waals surface area (Å²) in [5, 5.41) is 14.1. The number of aliphatic carboxylic acids is 1. The molecule has 0 aliphatic carbocycles. The van der Waals surface area contributed by atoms with E-state index in [0.29, 0.717) is 0 Å². The molecule has 4 nitrogen and oxygen atoms in total. The molecule has 0 spiro atoms. The first-order valence-corrected chi connectivity index (χ1v) is 7.55. The van der Waals surface area contributed by atoms with Crippen LogP contribution in [-0.2, 0) is 4.79 Å². The number of hydrogen-bond acceptors (Lipinski definition) is 3. The van der Waals surface area contributed by atoms with E-state index in [0.717, 1.165) is 38.6 Å². The second-order valence-electron chi connectivity index (χ2n) is 7.30. The summed E-state index contributed by atoms with van der Waals surface area (Å²) in [6.45, 7) is 9.88. The zero-order valence-electron chi connectivity index (χ0n) is 12.8. The summed E-state index contributed by atoms with van der Waals surface area (Å²) < 4.78 is 0. The third-order valence-corrected chi connectivity index (χ3v) is 4.74. The zero-order valence-corrected chi connectivity index (χ0v) is 12.8. The van der Waals surface area contributed by atoms with Gasteiger partial charge in [-0.1, -0.05) is 0 Å². The number of hydrazine groups is 1. The second kappa shape index (κ2) is 5.06. The molecule has 0 aromatic rings. The van der Waals surface area contributed by atoms with E-state index in [-0.39, 0.29) is 17.1 Å². The number of piperidine rings is 2. The molecular weight excluding hydrogens is 240 g/mol. The predicted octanol–water partition coefficient (Wildman–Crippen LogP) is 2.88. The summed E-state index contributed by atoms with van der Waals surface area (Å²) in [5.74, 6) is -0.670. The van der Waals surface area contributed by atoms with Crippen LogP contribution < -0.4 is 0 Å². The van der Waals surface area contributed by atoms with Gasteiger partial charge in [0.2, 0.25) is 0 Å². The van der Waals surface area contributed by atoms with Crippen molar-refractivity contribution < 1.29 is 9.90 Å². The Bertz CT molecular complexity index is 336. The minimum absolute atomic E-state index is 0.0484. The van der Waals surface area contributed by atoms with Crippen LogP contribution in [0.3, 0.4) is 0 Å². The van der Waals surface area contributed by atoms with Crippen molar-refractivity contribution in [1.82, 2.24) is 10.0 Å². The summed E-state index contributed by atoms with van der Waals surface area (Å²) in [7, 11) is 0. The lowest BCUT2D eigenvalue weighted by Gasteiger charge is -2.59. The summed E-state index contributed by atoms with van der Waals surface area (Å²) in [6, 6.07) is -0.342. The highest BCUT2D eigenvalue weighted by atomic mass is 16.4. The Labute approximate surface area is 116 Å². The predicted molar refractivity (Wildman–Crippen MR) is 75.8 cm³/mol. The first kappa shape index (κ1) is 14.8. The molecule has 2 fully saturated rings. The normalized spacial score (nSPS) is 32.1. The van der Waals surface area contributed by atoms with Crippen LogP contribution in [0.25, 0.3) is 0 Å². The van der Waals surface area contributed by atoms with E-state index in [2.05, 4.69) is 37.7 Å². The average Bonchev–Trinajstić information content (AvgIpc) is 2.26. The molecule has 2 saturated heterocycles. The highest BCUT2D eigenvalue weighted by Crippen LogP contribution is 2.41. The van der Waals surface area contributed by atoms with Gasteiger partial charge in [0.1, 0.15) is 6.04 Å². The summed E-state index contributed by atoms with van der Waals surface area (Å²) >= 11 is 0. The largest absolute Gasteiger partial charge is 0.480 e. The van der Waals surface area contributed by atoms with E-state index in [1.165, 1.54) is 6.42 Å². The van der Waals surface area contributed by atoms with Crippen molar-refractivity contribution in [2.24, 2.45) is 0 Å². The number of carboxylic acids is 1. The van der Waals surface area contributed by atoms with Gasteiger partial charge < -0.3 is 5.11 Å². The standard InChI is InChI=1S/C15H28N2O2/c1-14(2)9-7-10-15(3,4)17(14)16-11-6-5-8-12(16)13(18)19/h12H,5-11H2,1-4H3,(H,18,19). The molecule has 1 N–H and O–H groups in total. The van der Waals surface area contributed by atoms with E-state index < -0.39 is 5.97 Å². The number of rotatable bonds is 2. The Kier molecular flexibility index (Phi) is 3.94. The lowest BCUT2D eigenvalue weighted by molar-refractivity contribution is -0.214. The van der Waals surface area contributed by atoms with Gasteiger partial charge in [-0.3, -0.25) is 4.79 Å². The third-order valence-electron chi connectivity index (χ3n) is 4.74. The molecular formula is C15H28N2O2. The van der Waals surface area contributed by atoms with E-state index in [1.807, 2.05) is 0 Å². The number of hydrogen-bond donors (Lipinski definition) is 1. The highest BCUT2D eigenvalue weighted by Gasteiger charge is 2.47. The van der Waals surface area contributed by atoms with Crippen LogP contribution in [0.2, 0.25) is 0 Å². The number of carbonyl (C=O) groups is 1. The van der Waals surface area contributed by atoms with Crippen LogP contribution in [0.5, 0.6) is 0 Å². The summed E-state index contributed by atoms with van der Waals surface area (Å²) in [6.07, 6.45) is 6.41. The van der Waals surface area contributed by atoms with Crippen LogP contribution in [0, 0.1) is 0 Å². The van der Waals surface area contributed by atoms with Crippen molar-refractivity contribution >= 4 is 5.97 Å². The Balaban J connectivity index is 2.31. The van der Waals surface area contributed by atoms with Gasteiger partial charge in [0.15, 0.2) is 0 Å². The monoisotopic (exact) mass is 268 g/mol. The van der Waals surface area contributed by atoms with Crippen molar-refractivity contribution in [3.05, 3.63) is 0 Å². The molecule has 4 heteroatoms. The van der Waals surface area contributed by atoms with Gasteiger partial charge in [-0.15, -0.1) is 0 Å². The fourth-order valence-electron chi connectivity index (χ4n) is 4.09. The van der Waals surface area contributed by atoms with E-state index in [9.17, 15) is 9.90 Å². The molecule has 0 radical (unpaired) electrons. The molecule has 0 amide bonds. The fourth-order valence-corrected chi connectivity index (χ4v) is 4.09. The van der Waals surface area contributed by atoms with Crippen molar-refractivity contribution in [2.45, 2.75) is 83.3 Å². The second-order valence-corrected chi connectivity index (χ2v) is 7.30. The minimum atomic E-state index is -0.670. The molecule has 2 heterocycles. The van der Waals surface area contributed by atoms with Crippen molar-refractivity contribution in [3.8, 4) is 0 Å². The van der Waals surface area contributed by atoms with Crippen molar-refractivity contribution in [3.63, 3.8) is 0 Å². The molecule has 0 aromatic heterocycles. The van der Waals surface area contributed by atoms with Crippen molar-refractivity contribution in [2.75, 3.05) is 6.54 Å². The van der Waals surface area contributed by atoms with E-state index in [1.54, 1.807) is 0 Å². The third kappa shape index (κ3) is 2.79. The van der Waals surface area contributed by atoms with Crippen LogP contribution in [-0.4, -0.2) is 44.8 Å². The molecule has 1 atom stereocenters. The van der Waals surface area contributed by atoms with E-state index in [4.69, 9.17) is 0 Å². The van der Waals surface area contributed by atoms with Gasteiger partial charge in [0, 0.05) is 17.6 Å². The number of carboxylic acid groups (broad SMARTS) is 1. The Morgan fingerprint density at radius 3 is 2.16 bits per heavy atom. The van der Waals surface area contributed by atoms with Gasteiger partial charge in [-0.05, 0) is 66.2 Å². The topological polar surface area (TPSA) is 43.8 Å². The molecule has 2 rings (SSSR count). The maximum Gasteiger partial charge on any atom is 0.322 e. The minimum Gasteiger partial charge on any atom is -0.480 e. The highest BCUT2D eigenvalue weighted by molar-refractivity contribution is 5.73. The van der Waals surface area contributed by atoms with Gasteiger partial charge >= 0.3 is 5.97 Å². The molecule has 2 aliphatic heterocycles. The lowest BCUT2D eigenvalue weighted by atomic mass is 9.81. The van der Waals surface area contributed by atoms with Crippen LogP contribution in [0.4, 0.5) is 0 Å². The Morgan fingerprint density at radius 1 is 1.05 bits per heavy atom. The van der Waals surface area contributed by atoms with Crippen molar-refractivity contribution in [1.29, 1.82) is 0 Å². The number of nitrogens with zero attached hydrogens (tertiary/aromatic N) is 2. The molecule has 0 saturated carbocycles. The Hall–Kier alpha value is -0.610. The van der Waals surface area contributed by atoms with Gasteiger partial charge in [0.05, 0.1) is 0 Å². The zero-order chi connectivity index (χ0) is 14.3. The first-order valence-electron chi connectivity index (χ1n) is 7.55. The van der Waals surface area contributed by atoms with Gasteiger partial charge in [-0.25, -0.2) is 10.0 Å². The van der Waals surface area contributed by atoms with Gasteiger partial charge in [0.25, 0.3) is 0 Å². The first-order chi connectivity index (χ1) is 8.76. The molecule has 110 valence electrons. The molecule has 2 aliphatic rings. The lowest BCUT2D eigenvalue weighted by Crippen LogP contribution is -2.69. The van der Waals surface area contributed by atoms with Crippen LogP contribution in [0.1, 0.15) is 66.2 Å². The van der Waals surface area contributed by atoms with Crippen LogP contribution >= 0.6 is 0 Å². The molecule has 1 unspecified atom stereocenters. The quantitative estimate of drug-likeness (QED) is 0.836. The maximum absolute atomic E-state index is 11.6. The molecule has 0 bridgehead atoms. The molecule has 0 aromatic carbocycles. The smallest absolute Gasteiger partial charge is 0.322 e. The summed E-state index contributed by atoms with van der Waals surface area (Å²) in [4.78, 5) is 11.6. The summed E-state index contributed by atoms with van der Waals surface area (Å²) in [5.41, 5.74) is 0.0968. The average molecular weight is 268 g/mol.